The number of hydrogen-bond acceptors (Lipinski definition) is 3. The Morgan fingerprint density at radius 2 is 2.27 bits per heavy atom. The Kier molecular flexibility index (Phi) is 3.26. The van der Waals surface area contributed by atoms with Crippen LogP contribution in [0, 0.1) is 5.92 Å². The maximum Gasteiger partial charge on any atom is 0.239 e. The number of β-amino-alcohol motifs (C(OH)–C–C–N with tert-alkyl or cyclic N) is 1. The standard InChI is InChI=1S/C11H20N2O2/c1-2-13(7-8-3-4-8)11(15)10-5-9(14)6-12-10/h8-10,12,14H,2-7H2,1H3/t9-,10+/m0/s1. The third kappa shape index (κ3) is 2.69. The number of likely N-dealkylation sites (N-methyl/N-ethyl adjacent to an activating group) is 1. The van der Waals surface area contributed by atoms with Crippen molar-refractivity contribution in [3.63, 3.8) is 0 Å². The number of nitrogens with one attached hydrogen (secondary N) is 1. The number of nitrogens with zero attached hydrogens (tertiary/aromatic N) is 1. The van der Waals surface area contributed by atoms with Gasteiger partial charge in [0.15, 0.2) is 0 Å². The lowest BCUT2D eigenvalue weighted by molar-refractivity contribution is -0.133. The number of rotatable bonds is 4. The van der Waals surface area contributed by atoms with E-state index in [2.05, 4.69) is 5.32 Å². The van der Waals surface area contributed by atoms with E-state index in [1.54, 1.807) is 0 Å². The van der Waals surface area contributed by atoms with Crippen molar-refractivity contribution in [3.8, 4) is 0 Å². The summed E-state index contributed by atoms with van der Waals surface area (Å²) in [6, 6.07) is -0.154. The van der Waals surface area contributed by atoms with Gasteiger partial charge < -0.3 is 15.3 Å². The van der Waals surface area contributed by atoms with Crippen LogP contribution in [0.5, 0.6) is 0 Å². The van der Waals surface area contributed by atoms with E-state index in [9.17, 15) is 9.90 Å². The van der Waals surface area contributed by atoms with Crippen LogP contribution < -0.4 is 5.32 Å². The summed E-state index contributed by atoms with van der Waals surface area (Å²) in [5.41, 5.74) is 0. The second-order valence-corrected chi connectivity index (χ2v) is 4.67. The summed E-state index contributed by atoms with van der Waals surface area (Å²) in [7, 11) is 0. The van der Waals surface area contributed by atoms with E-state index in [0.29, 0.717) is 13.0 Å². The molecule has 2 N–H and O–H groups in total. The molecule has 1 saturated carbocycles. The molecule has 0 spiro atoms. The molecule has 2 fully saturated rings. The van der Waals surface area contributed by atoms with E-state index < -0.39 is 0 Å². The first-order valence-electron chi connectivity index (χ1n) is 5.91. The Hall–Kier alpha value is -0.610. The second-order valence-electron chi connectivity index (χ2n) is 4.67. The SMILES string of the molecule is CCN(CC1CC1)C(=O)[C@H]1C[C@H](O)CN1. The first-order valence-corrected chi connectivity index (χ1v) is 5.91. The maximum atomic E-state index is 12.0. The third-order valence-corrected chi connectivity index (χ3v) is 3.27. The zero-order chi connectivity index (χ0) is 10.8. The van der Waals surface area contributed by atoms with Crippen molar-refractivity contribution in [3.05, 3.63) is 0 Å². The van der Waals surface area contributed by atoms with Gasteiger partial charge in [0.2, 0.25) is 5.91 Å². The molecule has 2 atom stereocenters. The largest absolute Gasteiger partial charge is 0.392 e. The van der Waals surface area contributed by atoms with Crippen molar-refractivity contribution in [1.29, 1.82) is 0 Å². The third-order valence-electron chi connectivity index (χ3n) is 3.27. The van der Waals surface area contributed by atoms with Crippen molar-refractivity contribution in [2.75, 3.05) is 19.6 Å². The highest BCUT2D eigenvalue weighted by molar-refractivity contribution is 5.82. The van der Waals surface area contributed by atoms with Crippen molar-refractivity contribution in [2.45, 2.75) is 38.3 Å². The summed E-state index contributed by atoms with van der Waals surface area (Å²) in [4.78, 5) is 14.0. The zero-order valence-electron chi connectivity index (χ0n) is 9.28. The lowest BCUT2D eigenvalue weighted by Crippen LogP contribution is -2.44. The minimum atomic E-state index is -0.349. The van der Waals surface area contributed by atoms with E-state index >= 15 is 0 Å². The Morgan fingerprint density at radius 1 is 1.53 bits per heavy atom. The molecule has 0 radical (unpaired) electrons. The fourth-order valence-electron chi connectivity index (χ4n) is 2.11. The Labute approximate surface area is 90.6 Å². The Morgan fingerprint density at radius 3 is 2.73 bits per heavy atom. The van der Waals surface area contributed by atoms with E-state index in [1.807, 2.05) is 11.8 Å². The van der Waals surface area contributed by atoms with Crippen LogP contribution >= 0.6 is 0 Å². The molecule has 1 saturated heterocycles. The van der Waals surface area contributed by atoms with Gasteiger partial charge >= 0.3 is 0 Å². The van der Waals surface area contributed by atoms with Gasteiger partial charge in [-0.1, -0.05) is 0 Å². The molecule has 1 aliphatic carbocycles. The number of aliphatic hydroxyl groups is 1. The fourth-order valence-corrected chi connectivity index (χ4v) is 2.11. The molecule has 0 aromatic heterocycles. The fraction of sp³-hybridized carbons (Fsp3) is 0.909. The van der Waals surface area contributed by atoms with Gasteiger partial charge in [0.1, 0.15) is 0 Å². The van der Waals surface area contributed by atoms with Crippen molar-refractivity contribution in [2.24, 2.45) is 5.92 Å². The number of carbonyl (C=O) groups excluding carboxylic acids is 1. The van der Waals surface area contributed by atoms with Crippen LogP contribution in [0.3, 0.4) is 0 Å². The normalized spacial score (nSPS) is 30.5. The minimum Gasteiger partial charge on any atom is -0.392 e. The number of hydrogen-bond donors (Lipinski definition) is 2. The Balaban J connectivity index is 1.86. The summed E-state index contributed by atoms with van der Waals surface area (Å²) in [5.74, 6) is 0.904. The van der Waals surface area contributed by atoms with Gasteiger partial charge in [0.05, 0.1) is 12.1 Å². The van der Waals surface area contributed by atoms with E-state index in [1.165, 1.54) is 12.8 Å². The Bertz CT molecular complexity index is 241. The minimum absolute atomic E-state index is 0.154. The molecule has 4 nitrogen and oxygen atoms in total. The molecule has 1 aliphatic heterocycles. The van der Waals surface area contributed by atoms with Crippen molar-refractivity contribution >= 4 is 5.91 Å². The molecule has 0 unspecified atom stereocenters. The van der Waals surface area contributed by atoms with Gasteiger partial charge in [-0.3, -0.25) is 4.79 Å². The average Bonchev–Trinajstić information content (AvgIpc) is 2.95. The molecule has 4 heteroatoms. The topological polar surface area (TPSA) is 52.6 Å². The summed E-state index contributed by atoms with van der Waals surface area (Å²) in [6.45, 7) is 4.26. The van der Waals surface area contributed by atoms with Crippen molar-refractivity contribution in [1.82, 2.24) is 10.2 Å². The highest BCUT2D eigenvalue weighted by Crippen LogP contribution is 2.30. The van der Waals surface area contributed by atoms with Crippen LogP contribution in [0.2, 0.25) is 0 Å². The van der Waals surface area contributed by atoms with Crippen LogP contribution in [0.1, 0.15) is 26.2 Å². The van der Waals surface area contributed by atoms with Gasteiger partial charge in [0.25, 0.3) is 0 Å². The van der Waals surface area contributed by atoms with Crippen LogP contribution in [0.15, 0.2) is 0 Å². The zero-order valence-corrected chi connectivity index (χ0v) is 9.28. The molecular weight excluding hydrogens is 192 g/mol. The smallest absolute Gasteiger partial charge is 0.239 e. The van der Waals surface area contributed by atoms with Crippen molar-refractivity contribution < 1.29 is 9.90 Å². The van der Waals surface area contributed by atoms with E-state index in [-0.39, 0.29) is 18.1 Å². The molecule has 2 aliphatic rings. The maximum absolute atomic E-state index is 12.0. The van der Waals surface area contributed by atoms with Crippen LogP contribution in [-0.4, -0.2) is 47.7 Å². The highest BCUT2D eigenvalue weighted by Gasteiger charge is 2.33. The van der Waals surface area contributed by atoms with Gasteiger partial charge in [-0.25, -0.2) is 0 Å². The second kappa shape index (κ2) is 4.49. The molecule has 1 heterocycles. The van der Waals surface area contributed by atoms with Gasteiger partial charge in [-0.15, -0.1) is 0 Å². The van der Waals surface area contributed by atoms with Crippen LogP contribution in [0.4, 0.5) is 0 Å². The van der Waals surface area contributed by atoms with Crippen LogP contribution in [0.25, 0.3) is 0 Å². The molecule has 2 rings (SSSR count). The van der Waals surface area contributed by atoms with Gasteiger partial charge in [0, 0.05) is 19.6 Å². The predicted molar refractivity (Wildman–Crippen MR) is 57.4 cm³/mol. The summed E-state index contributed by atoms with van der Waals surface area (Å²) in [5, 5.41) is 12.4. The summed E-state index contributed by atoms with van der Waals surface area (Å²) >= 11 is 0. The van der Waals surface area contributed by atoms with Gasteiger partial charge in [-0.05, 0) is 32.1 Å². The average molecular weight is 212 g/mol. The molecule has 0 aromatic carbocycles. The molecule has 15 heavy (non-hydrogen) atoms. The highest BCUT2D eigenvalue weighted by atomic mass is 16.3. The quantitative estimate of drug-likeness (QED) is 0.688. The van der Waals surface area contributed by atoms with Gasteiger partial charge in [-0.2, -0.15) is 0 Å². The molecular formula is C11H20N2O2. The van der Waals surface area contributed by atoms with Crippen LogP contribution in [-0.2, 0) is 4.79 Å². The first-order chi connectivity index (χ1) is 7.20. The first kappa shape index (κ1) is 10.9. The lowest BCUT2D eigenvalue weighted by atomic mass is 10.1. The molecule has 86 valence electrons. The predicted octanol–water partition coefficient (Wildman–Crippen LogP) is -0.0323. The molecule has 0 aromatic rings. The number of aliphatic hydroxyl groups excluding tert-OH is 1. The van der Waals surface area contributed by atoms with E-state index in [4.69, 9.17) is 0 Å². The number of amides is 1. The molecule has 1 amide bonds. The van der Waals surface area contributed by atoms with E-state index in [0.717, 1.165) is 19.0 Å². The lowest BCUT2D eigenvalue weighted by Gasteiger charge is -2.24. The summed E-state index contributed by atoms with van der Waals surface area (Å²) in [6.07, 6.45) is 2.76. The molecule has 0 bridgehead atoms. The monoisotopic (exact) mass is 212 g/mol. The number of carbonyl (C=O) groups is 1. The summed E-state index contributed by atoms with van der Waals surface area (Å²) < 4.78 is 0.